The minimum absolute atomic E-state index is 0.0267. The molecule has 8 heteroatoms. The summed E-state index contributed by atoms with van der Waals surface area (Å²) >= 11 is 7.28. The number of carbonyl (C=O) groups excluding carboxylic acids is 1. The molecule has 0 bridgehead atoms. The highest BCUT2D eigenvalue weighted by Crippen LogP contribution is 2.41. The Morgan fingerprint density at radius 2 is 1.93 bits per heavy atom. The van der Waals surface area contributed by atoms with E-state index in [1.54, 1.807) is 23.7 Å². The Hall–Kier alpha value is -3.03. The number of fused-ring (bicyclic) bond motifs is 2. The molecule has 1 aliphatic rings. The first-order chi connectivity index (χ1) is 13.1. The van der Waals surface area contributed by atoms with Crippen LogP contribution in [0.4, 0.5) is 5.13 Å². The van der Waals surface area contributed by atoms with Crippen molar-refractivity contribution in [1.82, 2.24) is 10.2 Å². The third-order valence-corrected chi connectivity index (χ3v) is 5.43. The minimum atomic E-state index is -0.638. The van der Waals surface area contributed by atoms with Crippen molar-refractivity contribution >= 4 is 44.9 Å². The van der Waals surface area contributed by atoms with Crippen LogP contribution in [0.5, 0.6) is 0 Å². The van der Waals surface area contributed by atoms with E-state index >= 15 is 0 Å². The summed E-state index contributed by atoms with van der Waals surface area (Å²) < 4.78 is 5.84. The summed E-state index contributed by atoms with van der Waals surface area (Å²) in [6.45, 7) is 0. The zero-order valence-electron chi connectivity index (χ0n) is 13.6. The van der Waals surface area contributed by atoms with Crippen molar-refractivity contribution in [2.24, 2.45) is 0 Å². The summed E-state index contributed by atoms with van der Waals surface area (Å²) in [6.07, 6.45) is 0. The molecular formula is C19H10ClN3O3S. The van der Waals surface area contributed by atoms with Gasteiger partial charge in [0, 0.05) is 5.02 Å². The largest absolute Gasteiger partial charge is 0.450 e. The number of anilines is 1. The quantitative estimate of drug-likeness (QED) is 0.511. The lowest BCUT2D eigenvalue weighted by Gasteiger charge is -2.21. The summed E-state index contributed by atoms with van der Waals surface area (Å²) in [5.41, 5.74) is 2.66. The molecule has 0 radical (unpaired) electrons. The number of hydrogen-bond acceptors (Lipinski definition) is 6. The van der Waals surface area contributed by atoms with Crippen LogP contribution in [-0.2, 0) is 0 Å². The molecular weight excluding hydrogens is 386 g/mol. The zero-order chi connectivity index (χ0) is 18.5. The van der Waals surface area contributed by atoms with Crippen molar-refractivity contribution in [1.29, 1.82) is 0 Å². The van der Waals surface area contributed by atoms with Crippen LogP contribution in [-0.4, -0.2) is 16.1 Å². The predicted octanol–water partition coefficient (Wildman–Crippen LogP) is 4.05. The van der Waals surface area contributed by atoms with Gasteiger partial charge in [0.15, 0.2) is 5.43 Å². The molecule has 0 aliphatic carbocycles. The van der Waals surface area contributed by atoms with Gasteiger partial charge in [-0.2, -0.15) is 0 Å². The number of carbonyl (C=O) groups is 1. The van der Waals surface area contributed by atoms with Gasteiger partial charge in [-0.1, -0.05) is 53.3 Å². The van der Waals surface area contributed by atoms with E-state index in [2.05, 4.69) is 10.2 Å². The molecule has 6 nitrogen and oxygen atoms in total. The van der Waals surface area contributed by atoms with Gasteiger partial charge in [0.1, 0.15) is 11.1 Å². The Morgan fingerprint density at radius 3 is 2.67 bits per heavy atom. The van der Waals surface area contributed by atoms with Crippen LogP contribution in [0.3, 0.4) is 0 Å². The smallest absolute Gasteiger partial charge is 0.297 e. The predicted molar refractivity (Wildman–Crippen MR) is 102 cm³/mol. The lowest BCUT2D eigenvalue weighted by Crippen LogP contribution is -2.29. The van der Waals surface area contributed by atoms with Gasteiger partial charge in [-0.25, -0.2) is 0 Å². The molecule has 1 amide bonds. The SMILES string of the molecule is O=C1c2oc3ccc(Cl)cc3c(=O)c2[C@H](c2ccccc2)N1c1nncs1. The normalized spacial score (nSPS) is 16.1. The van der Waals surface area contributed by atoms with E-state index in [0.717, 1.165) is 5.56 Å². The molecule has 0 unspecified atom stereocenters. The molecule has 5 rings (SSSR count). The number of benzene rings is 2. The van der Waals surface area contributed by atoms with Crippen molar-refractivity contribution in [2.45, 2.75) is 6.04 Å². The van der Waals surface area contributed by atoms with Gasteiger partial charge in [0.25, 0.3) is 5.91 Å². The molecule has 1 aliphatic heterocycles. The van der Waals surface area contributed by atoms with Crippen LogP contribution < -0.4 is 10.3 Å². The van der Waals surface area contributed by atoms with E-state index in [0.29, 0.717) is 21.1 Å². The van der Waals surface area contributed by atoms with E-state index in [1.165, 1.54) is 16.2 Å². The number of rotatable bonds is 2. The average molecular weight is 396 g/mol. The Morgan fingerprint density at radius 1 is 1.11 bits per heavy atom. The highest BCUT2D eigenvalue weighted by Gasteiger charge is 2.44. The highest BCUT2D eigenvalue weighted by molar-refractivity contribution is 7.13. The second-order valence-electron chi connectivity index (χ2n) is 6.02. The van der Waals surface area contributed by atoms with E-state index < -0.39 is 11.9 Å². The molecule has 132 valence electrons. The first-order valence-corrected chi connectivity index (χ1v) is 9.32. The van der Waals surface area contributed by atoms with E-state index in [9.17, 15) is 9.59 Å². The van der Waals surface area contributed by atoms with Crippen molar-refractivity contribution in [3.05, 3.63) is 86.2 Å². The van der Waals surface area contributed by atoms with Crippen LogP contribution in [0.15, 0.2) is 63.3 Å². The van der Waals surface area contributed by atoms with Gasteiger partial charge in [0.05, 0.1) is 17.0 Å². The van der Waals surface area contributed by atoms with Gasteiger partial charge in [-0.15, -0.1) is 10.2 Å². The number of aromatic nitrogens is 2. The Balaban J connectivity index is 1.85. The van der Waals surface area contributed by atoms with Crippen molar-refractivity contribution in [2.75, 3.05) is 4.90 Å². The van der Waals surface area contributed by atoms with E-state index in [-0.39, 0.29) is 16.8 Å². The van der Waals surface area contributed by atoms with Gasteiger partial charge in [-0.3, -0.25) is 14.5 Å². The van der Waals surface area contributed by atoms with Crippen molar-refractivity contribution in [3.8, 4) is 0 Å². The maximum atomic E-state index is 13.3. The molecule has 2 aromatic carbocycles. The monoisotopic (exact) mass is 395 g/mol. The summed E-state index contributed by atoms with van der Waals surface area (Å²) in [5, 5.41) is 9.03. The highest BCUT2D eigenvalue weighted by atomic mass is 35.5. The molecule has 2 aromatic heterocycles. The maximum Gasteiger partial charge on any atom is 0.297 e. The second-order valence-corrected chi connectivity index (χ2v) is 7.27. The fourth-order valence-corrected chi connectivity index (χ4v) is 4.12. The van der Waals surface area contributed by atoms with Crippen LogP contribution >= 0.6 is 22.9 Å². The lowest BCUT2D eigenvalue weighted by molar-refractivity contribution is 0.0970. The third-order valence-electron chi connectivity index (χ3n) is 4.50. The minimum Gasteiger partial charge on any atom is -0.450 e. The molecule has 0 saturated heterocycles. The number of hydrogen-bond donors (Lipinski definition) is 0. The topological polar surface area (TPSA) is 76.3 Å². The van der Waals surface area contributed by atoms with Gasteiger partial charge >= 0.3 is 0 Å². The Bertz CT molecular complexity index is 1240. The molecule has 0 spiro atoms. The summed E-state index contributed by atoms with van der Waals surface area (Å²) in [6, 6.07) is 13.5. The molecule has 4 aromatic rings. The van der Waals surface area contributed by atoms with Crippen molar-refractivity contribution < 1.29 is 9.21 Å². The van der Waals surface area contributed by atoms with Gasteiger partial charge in [-0.05, 0) is 23.8 Å². The van der Waals surface area contributed by atoms with Crippen LogP contribution in [0.2, 0.25) is 5.02 Å². The maximum absolute atomic E-state index is 13.3. The molecule has 0 saturated carbocycles. The number of nitrogens with zero attached hydrogens (tertiary/aromatic N) is 3. The fraction of sp³-hybridized carbons (Fsp3) is 0.0526. The van der Waals surface area contributed by atoms with Gasteiger partial charge in [0.2, 0.25) is 10.9 Å². The van der Waals surface area contributed by atoms with E-state index in [4.69, 9.17) is 16.0 Å². The molecule has 27 heavy (non-hydrogen) atoms. The summed E-state index contributed by atoms with van der Waals surface area (Å²) in [7, 11) is 0. The van der Waals surface area contributed by atoms with Crippen LogP contribution in [0.25, 0.3) is 11.0 Å². The number of amides is 1. The second kappa shape index (κ2) is 6.00. The molecule has 0 N–H and O–H groups in total. The third kappa shape index (κ3) is 2.39. The fourth-order valence-electron chi connectivity index (χ4n) is 3.37. The standard InChI is InChI=1S/C19H10ClN3O3S/c20-11-6-7-13-12(8-11)16(24)14-15(10-4-2-1-3-5-10)23(18(25)17(14)26-13)19-22-21-9-27-19/h1-9,15H/t15-/m0/s1. The molecule has 1 atom stereocenters. The zero-order valence-corrected chi connectivity index (χ0v) is 15.2. The van der Waals surface area contributed by atoms with Crippen LogP contribution in [0, 0.1) is 0 Å². The lowest BCUT2D eigenvalue weighted by atomic mass is 9.99. The molecule has 0 fully saturated rings. The summed E-state index contributed by atoms with van der Waals surface area (Å²) in [5.74, 6) is -0.386. The Labute approximate surface area is 161 Å². The van der Waals surface area contributed by atoms with Crippen LogP contribution in [0.1, 0.15) is 27.7 Å². The summed E-state index contributed by atoms with van der Waals surface area (Å²) in [4.78, 5) is 27.9. The first kappa shape index (κ1) is 16.2. The van der Waals surface area contributed by atoms with E-state index in [1.807, 2.05) is 30.3 Å². The molecule has 3 heterocycles. The first-order valence-electron chi connectivity index (χ1n) is 8.06. The average Bonchev–Trinajstić information content (AvgIpc) is 3.30. The Kier molecular flexibility index (Phi) is 3.60. The number of halogens is 1. The van der Waals surface area contributed by atoms with Crippen molar-refractivity contribution in [3.63, 3.8) is 0 Å². The van der Waals surface area contributed by atoms with Gasteiger partial charge < -0.3 is 4.42 Å².